The molecule has 2 heterocycles. The zero-order chi connectivity index (χ0) is 15.2. The van der Waals surface area contributed by atoms with Crippen molar-refractivity contribution >= 4 is 23.4 Å². The van der Waals surface area contributed by atoms with Crippen LogP contribution in [-0.2, 0) is 9.59 Å². The molecular formula is C14H20N4O3. The summed E-state index contributed by atoms with van der Waals surface area (Å²) in [5.41, 5.74) is 6.33. The van der Waals surface area contributed by atoms with Crippen LogP contribution in [0.15, 0.2) is 18.3 Å². The maximum Gasteiger partial charge on any atom is 0.303 e. The number of carboxylic acid groups (broad SMARTS) is 1. The molecule has 2 rings (SSSR count). The first kappa shape index (κ1) is 15.2. The van der Waals surface area contributed by atoms with Crippen LogP contribution in [0.1, 0.15) is 25.7 Å². The number of aromatic nitrogens is 1. The van der Waals surface area contributed by atoms with Gasteiger partial charge in [0.05, 0.1) is 11.7 Å². The first-order chi connectivity index (χ1) is 10.1. The Morgan fingerprint density at radius 3 is 2.81 bits per heavy atom. The van der Waals surface area contributed by atoms with Crippen LogP contribution >= 0.6 is 0 Å². The lowest BCUT2D eigenvalue weighted by molar-refractivity contribution is -0.137. The van der Waals surface area contributed by atoms with Gasteiger partial charge < -0.3 is 21.1 Å². The molecule has 1 unspecified atom stereocenters. The minimum Gasteiger partial charge on any atom is -0.481 e. The van der Waals surface area contributed by atoms with E-state index in [4.69, 9.17) is 10.8 Å². The lowest BCUT2D eigenvalue weighted by Crippen LogP contribution is -2.36. The van der Waals surface area contributed by atoms with Gasteiger partial charge in [0.2, 0.25) is 5.91 Å². The zero-order valence-corrected chi connectivity index (χ0v) is 11.8. The van der Waals surface area contributed by atoms with Crippen LogP contribution in [0.25, 0.3) is 0 Å². The average Bonchev–Trinajstić information content (AvgIpc) is 2.99. The average molecular weight is 292 g/mol. The van der Waals surface area contributed by atoms with Crippen molar-refractivity contribution in [2.24, 2.45) is 5.73 Å². The van der Waals surface area contributed by atoms with Crippen molar-refractivity contribution in [3.8, 4) is 0 Å². The lowest BCUT2D eigenvalue weighted by atomic mass is 10.1. The number of hydrogen-bond donors (Lipinski definition) is 3. The minimum atomic E-state index is -0.961. The van der Waals surface area contributed by atoms with Gasteiger partial charge >= 0.3 is 5.97 Å². The highest BCUT2D eigenvalue weighted by atomic mass is 16.4. The van der Waals surface area contributed by atoms with E-state index in [0.29, 0.717) is 5.69 Å². The molecule has 1 aliphatic rings. The molecule has 0 bridgehead atoms. The molecule has 1 fully saturated rings. The first-order valence-corrected chi connectivity index (χ1v) is 7.06. The Balaban J connectivity index is 2.01. The molecule has 1 atom stereocenters. The Labute approximate surface area is 123 Å². The largest absolute Gasteiger partial charge is 0.481 e. The van der Waals surface area contributed by atoms with Crippen molar-refractivity contribution in [2.45, 2.75) is 31.7 Å². The van der Waals surface area contributed by atoms with E-state index < -0.39 is 12.0 Å². The van der Waals surface area contributed by atoms with Gasteiger partial charge in [-0.15, -0.1) is 0 Å². The third-order valence-corrected chi connectivity index (χ3v) is 3.46. The number of hydrogen-bond acceptors (Lipinski definition) is 5. The maximum absolute atomic E-state index is 12.0. The van der Waals surface area contributed by atoms with Crippen LogP contribution in [0.5, 0.6) is 0 Å². The molecule has 1 aromatic rings. The molecule has 21 heavy (non-hydrogen) atoms. The van der Waals surface area contributed by atoms with Gasteiger partial charge in [-0.1, -0.05) is 0 Å². The van der Waals surface area contributed by atoms with E-state index in [0.717, 1.165) is 31.7 Å². The fourth-order valence-corrected chi connectivity index (χ4v) is 2.31. The molecule has 7 nitrogen and oxygen atoms in total. The van der Waals surface area contributed by atoms with E-state index in [1.807, 2.05) is 0 Å². The third-order valence-electron chi connectivity index (χ3n) is 3.46. The number of anilines is 2. The molecule has 1 aromatic heterocycles. The zero-order valence-electron chi connectivity index (χ0n) is 11.8. The van der Waals surface area contributed by atoms with E-state index in [9.17, 15) is 9.59 Å². The predicted molar refractivity (Wildman–Crippen MR) is 79.2 cm³/mol. The standard InChI is InChI=1S/C14H20N4O3/c15-10(5-6-12(19)20)14(21)17-11-4-3-7-16-13(11)18-8-1-2-9-18/h3-4,7,10H,1-2,5-6,8-9,15H2,(H,17,21)(H,19,20). The Kier molecular flexibility index (Phi) is 5.10. The number of nitrogens with two attached hydrogens (primary N) is 1. The molecule has 0 saturated carbocycles. The number of nitrogens with one attached hydrogen (secondary N) is 1. The molecule has 1 saturated heterocycles. The number of carbonyl (C=O) groups excluding carboxylic acids is 1. The third kappa shape index (κ3) is 4.16. The van der Waals surface area contributed by atoms with E-state index in [-0.39, 0.29) is 18.7 Å². The van der Waals surface area contributed by atoms with Crippen LogP contribution < -0.4 is 16.0 Å². The molecule has 1 amide bonds. The quantitative estimate of drug-likeness (QED) is 0.716. The number of aliphatic carboxylic acids is 1. The Morgan fingerprint density at radius 1 is 1.43 bits per heavy atom. The summed E-state index contributed by atoms with van der Waals surface area (Å²) in [7, 11) is 0. The topological polar surface area (TPSA) is 109 Å². The normalized spacial score (nSPS) is 15.8. The highest BCUT2D eigenvalue weighted by molar-refractivity contribution is 5.97. The fourth-order valence-electron chi connectivity index (χ4n) is 2.31. The Bertz CT molecular complexity index is 515. The van der Waals surface area contributed by atoms with Crippen LogP contribution in [0.2, 0.25) is 0 Å². The van der Waals surface area contributed by atoms with E-state index >= 15 is 0 Å². The number of carboxylic acids is 1. The lowest BCUT2D eigenvalue weighted by Gasteiger charge is -2.20. The number of amides is 1. The van der Waals surface area contributed by atoms with Crippen molar-refractivity contribution in [2.75, 3.05) is 23.3 Å². The van der Waals surface area contributed by atoms with Gasteiger partial charge in [0.15, 0.2) is 5.82 Å². The summed E-state index contributed by atoms with van der Waals surface area (Å²) in [4.78, 5) is 29.0. The van der Waals surface area contributed by atoms with Crippen LogP contribution in [0, 0.1) is 0 Å². The van der Waals surface area contributed by atoms with E-state index in [1.54, 1.807) is 18.3 Å². The highest BCUT2D eigenvalue weighted by Gasteiger charge is 2.20. The summed E-state index contributed by atoms with van der Waals surface area (Å²) in [6, 6.07) is 2.69. The highest BCUT2D eigenvalue weighted by Crippen LogP contribution is 2.26. The second kappa shape index (κ2) is 7.03. The molecule has 7 heteroatoms. The second-order valence-electron chi connectivity index (χ2n) is 5.10. The van der Waals surface area contributed by atoms with Crippen LogP contribution in [0.4, 0.5) is 11.5 Å². The number of pyridine rings is 1. The van der Waals surface area contributed by atoms with E-state index in [1.165, 1.54) is 0 Å². The SMILES string of the molecule is NC(CCC(=O)O)C(=O)Nc1cccnc1N1CCCC1. The van der Waals surface area contributed by atoms with Gasteiger partial charge in [0, 0.05) is 25.7 Å². The van der Waals surface area contributed by atoms with Gasteiger partial charge in [0.25, 0.3) is 0 Å². The summed E-state index contributed by atoms with van der Waals surface area (Å²) < 4.78 is 0. The molecule has 0 spiro atoms. The Hall–Kier alpha value is -2.15. The maximum atomic E-state index is 12.0. The van der Waals surface area contributed by atoms with Gasteiger partial charge in [-0.25, -0.2) is 4.98 Å². The second-order valence-corrected chi connectivity index (χ2v) is 5.10. The summed E-state index contributed by atoms with van der Waals surface area (Å²) >= 11 is 0. The van der Waals surface area contributed by atoms with Crippen molar-refractivity contribution in [1.82, 2.24) is 4.98 Å². The van der Waals surface area contributed by atoms with Crippen molar-refractivity contribution in [3.63, 3.8) is 0 Å². The fraction of sp³-hybridized carbons (Fsp3) is 0.500. The summed E-state index contributed by atoms with van der Waals surface area (Å²) in [5.74, 6) is -0.601. The number of carbonyl (C=O) groups is 2. The van der Waals surface area contributed by atoms with Gasteiger partial charge in [-0.2, -0.15) is 0 Å². The van der Waals surface area contributed by atoms with Crippen LogP contribution in [-0.4, -0.2) is 41.1 Å². The molecule has 0 aromatic carbocycles. The van der Waals surface area contributed by atoms with Gasteiger partial charge in [-0.3, -0.25) is 9.59 Å². The number of rotatable bonds is 6. The van der Waals surface area contributed by atoms with Gasteiger partial charge in [-0.05, 0) is 31.4 Å². The summed E-state index contributed by atoms with van der Waals surface area (Å²) in [6.07, 6.45) is 3.90. The minimum absolute atomic E-state index is 0.112. The summed E-state index contributed by atoms with van der Waals surface area (Å²) in [6.45, 7) is 1.84. The molecule has 4 N–H and O–H groups in total. The molecule has 1 aliphatic heterocycles. The molecule has 114 valence electrons. The van der Waals surface area contributed by atoms with Crippen LogP contribution in [0.3, 0.4) is 0 Å². The van der Waals surface area contributed by atoms with Gasteiger partial charge in [0.1, 0.15) is 0 Å². The summed E-state index contributed by atoms with van der Waals surface area (Å²) in [5, 5.41) is 11.4. The molecular weight excluding hydrogens is 272 g/mol. The molecule has 0 radical (unpaired) electrons. The Morgan fingerprint density at radius 2 is 2.14 bits per heavy atom. The smallest absolute Gasteiger partial charge is 0.303 e. The monoisotopic (exact) mass is 292 g/mol. The predicted octanol–water partition coefficient (Wildman–Crippen LogP) is 0.812. The van der Waals surface area contributed by atoms with Crippen molar-refractivity contribution in [1.29, 1.82) is 0 Å². The van der Waals surface area contributed by atoms with E-state index in [2.05, 4.69) is 15.2 Å². The molecule has 0 aliphatic carbocycles. The van der Waals surface area contributed by atoms with Crippen molar-refractivity contribution in [3.05, 3.63) is 18.3 Å². The number of nitrogens with zero attached hydrogens (tertiary/aromatic N) is 2. The van der Waals surface area contributed by atoms with Crippen molar-refractivity contribution < 1.29 is 14.7 Å². The first-order valence-electron chi connectivity index (χ1n) is 7.06.